The van der Waals surface area contributed by atoms with Gasteiger partial charge in [-0.3, -0.25) is 4.79 Å². The molecule has 0 unspecified atom stereocenters. The molecular formula is C20H20ClFN2O4. The minimum Gasteiger partial charge on any atom is -0.482 e. The number of carbonyl (C=O) groups is 2. The van der Waals surface area contributed by atoms with Crippen LogP contribution in [0.25, 0.3) is 0 Å². The molecule has 1 aliphatic rings. The number of hydrogen-bond donors (Lipinski definition) is 0. The molecule has 0 saturated carbocycles. The van der Waals surface area contributed by atoms with Gasteiger partial charge in [-0.05, 0) is 36.4 Å². The molecule has 0 N–H and O–H groups in total. The standard InChI is InChI=1S/C20H20ClFN2O4/c21-17-3-1-2-4-18(17)23-9-11-24(12-10-23)19(25)13-28-20(26)14-27-16-7-5-15(22)6-8-16/h1-8H,9-14H2. The van der Waals surface area contributed by atoms with Gasteiger partial charge in [-0.15, -0.1) is 0 Å². The first-order valence-electron chi connectivity index (χ1n) is 8.84. The predicted octanol–water partition coefficient (Wildman–Crippen LogP) is 2.75. The van der Waals surface area contributed by atoms with E-state index < -0.39 is 11.8 Å². The maximum absolute atomic E-state index is 12.8. The fraction of sp³-hybridized carbons (Fsp3) is 0.300. The van der Waals surface area contributed by atoms with Gasteiger partial charge in [-0.25, -0.2) is 9.18 Å². The summed E-state index contributed by atoms with van der Waals surface area (Å²) in [6.45, 7) is 1.66. The van der Waals surface area contributed by atoms with Gasteiger partial charge in [0.2, 0.25) is 0 Å². The number of amides is 1. The van der Waals surface area contributed by atoms with Gasteiger partial charge in [0.05, 0.1) is 10.7 Å². The summed E-state index contributed by atoms with van der Waals surface area (Å²) < 4.78 is 23.0. The van der Waals surface area contributed by atoms with Crippen LogP contribution < -0.4 is 9.64 Å². The molecule has 3 rings (SSSR count). The molecule has 1 aliphatic heterocycles. The van der Waals surface area contributed by atoms with Crippen LogP contribution >= 0.6 is 11.6 Å². The van der Waals surface area contributed by atoms with Gasteiger partial charge in [-0.2, -0.15) is 0 Å². The summed E-state index contributed by atoms with van der Waals surface area (Å²) in [5.41, 5.74) is 0.945. The van der Waals surface area contributed by atoms with Crippen molar-refractivity contribution in [2.75, 3.05) is 44.3 Å². The largest absolute Gasteiger partial charge is 0.482 e. The Labute approximate surface area is 167 Å². The second-order valence-corrected chi connectivity index (χ2v) is 6.63. The zero-order valence-corrected chi connectivity index (χ0v) is 15.9. The third kappa shape index (κ3) is 5.36. The molecule has 0 aliphatic carbocycles. The van der Waals surface area contributed by atoms with Gasteiger partial charge < -0.3 is 19.3 Å². The molecule has 1 heterocycles. The van der Waals surface area contributed by atoms with E-state index in [1.165, 1.54) is 24.3 Å². The minimum atomic E-state index is -0.660. The van der Waals surface area contributed by atoms with Gasteiger partial charge in [0, 0.05) is 26.2 Å². The fourth-order valence-corrected chi connectivity index (χ4v) is 3.11. The van der Waals surface area contributed by atoms with Crippen molar-refractivity contribution in [3.63, 3.8) is 0 Å². The van der Waals surface area contributed by atoms with Crippen LogP contribution in [-0.4, -0.2) is 56.2 Å². The second-order valence-electron chi connectivity index (χ2n) is 6.22. The van der Waals surface area contributed by atoms with Crippen molar-refractivity contribution < 1.29 is 23.5 Å². The Morgan fingerprint density at radius 2 is 1.64 bits per heavy atom. The summed E-state index contributed by atoms with van der Waals surface area (Å²) in [5.74, 6) is -0.961. The molecule has 148 valence electrons. The van der Waals surface area contributed by atoms with Crippen LogP contribution in [0.1, 0.15) is 0 Å². The van der Waals surface area contributed by atoms with Crippen molar-refractivity contribution in [3.8, 4) is 5.75 Å². The Kier molecular flexibility index (Phi) is 6.71. The van der Waals surface area contributed by atoms with E-state index in [2.05, 4.69) is 4.90 Å². The van der Waals surface area contributed by atoms with E-state index in [1.807, 2.05) is 24.3 Å². The van der Waals surface area contributed by atoms with E-state index >= 15 is 0 Å². The summed E-state index contributed by atoms with van der Waals surface area (Å²) in [6.07, 6.45) is 0. The van der Waals surface area contributed by atoms with E-state index in [4.69, 9.17) is 21.1 Å². The summed E-state index contributed by atoms with van der Waals surface area (Å²) in [5, 5.41) is 0.678. The number of carbonyl (C=O) groups excluding carboxylic acids is 2. The number of para-hydroxylation sites is 1. The van der Waals surface area contributed by atoms with E-state index in [0.29, 0.717) is 37.0 Å². The third-order valence-electron chi connectivity index (χ3n) is 4.35. The summed E-state index contributed by atoms with van der Waals surface area (Å²) in [7, 11) is 0. The van der Waals surface area contributed by atoms with Crippen molar-refractivity contribution in [3.05, 3.63) is 59.4 Å². The van der Waals surface area contributed by atoms with Crippen LogP contribution in [0, 0.1) is 5.82 Å². The highest BCUT2D eigenvalue weighted by molar-refractivity contribution is 6.33. The molecule has 0 atom stereocenters. The number of hydrogen-bond acceptors (Lipinski definition) is 5. The monoisotopic (exact) mass is 406 g/mol. The van der Waals surface area contributed by atoms with Gasteiger partial charge in [0.25, 0.3) is 5.91 Å². The molecule has 0 spiro atoms. The fourth-order valence-electron chi connectivity index (χ4n) is 2.85. The predicted molar refractivity (Wildman–Crippen MR) is 103 cm³/mol. The lowest BCUT2D eigenvalue weighted by Gasteiger charge is -2.36. The first-order valence-corrected chi connectivity index (χ1v) is 9.22. The lowest BCUT2D eigenvalue weighted by atomic mass is 10.2. The summed E-state index contributed by atoms with van der Waals surface area (Å²) in [6, 6.07) is 12.9. The lowest BCUT2D eigenvalue weighted by Crippen LogP contribution is -2.50. The number of piperazine rings is 1. The van der Waals surface area contributed by atoms with Crippen molar-refractivity contribution in [2.45, 2.75) is 0 Å². The number of benzene rings is 2. The maximum Gasteiger partial charge on any atom is 0.344 e. The van der Waals surface area contributed by atoms with Crippen LogP contribution in [0.3, 0.4) is 0 Å². The van der Waals surface area contributed by atoms with E-state index in [1.54, 1.807) is 4.90 Å². The molecule has 0 bridgehead atoms. The number of halogens is 2. The highest BCUT2D eigenvalue weighted by Gasteiger charge is 2.23. The molecule has 28 heavy (non-hydrogen) atoms. The van der Waals surface area contributed by atoms with Crippen molar-refractivity contribution >= 4 is 29.2 Å². The normalized spacial score (nSPS) is 13.9. The molecule has 1 fully saturated rings. The zero-order chi connectivity index (χ0) is 19.9. The van der Waals surface area contributed by atoms with Crippen LogP contribution in [0.5, 0.6) is 5.75 Å². The topological polar surface area (TPSA) is 59.1 Å². The van der Waals surface area contributed by atoms with Gasteiger partial charge in [0.15, 0.2) is 13.2 Å². The molecule has 2 aromatic carbocycles. The van der Waals surface area contributed by atoms with E-state index in [-0.39, 0.29) is 19.1 Å². The first-order chi connectivity index (χ1) is 13.5. The molecule has 1 amide bonds. The molecule has 1 saturated heterocycles. The quantitative estimate of drug-likeness (QED) is 0.690. The number of anilines is 1. The molecular weight excluding hydrogens is 387 g/mol. The SMILES string of the molecule is O=C(COc1ccc(F)cc1)OCC(=O)N1CCN(c2ccccc2Cl)CC1. The van der Waals surface area contributed by atoms with E-state index in [9.17, 15) is 14.0 Å². The van der Waals surface area contributed by atoms with Gasteiger partial charge in [-0.1, -0.05) is 23.7 Å². The van der Waals surface area contributed by atoms with E-state index in [0.717, 1.165) is 5.69 Å². The molecule has 2 aromatic rings. The number of esters is 1. The molecule has 0 radical (unpaired) electrons. The number of ether oxygens (including phenoxy) is 2. The van der Waals surface area contributed by atoms with Crippen LogP contribution in [0.2, 0.25) is 5.02 Å². The number of nitrogens with zero attached hydrogens (tertiary/aromatic N) is 2. The molecule has 0 aromatic heterocycles. The zero-order valence-electron chi connectivity index (χ0n) is 15.1. The Balaban J connectivity index is 1.39. The van der Waals surface area contributed by atoms with Gasteiger partial charge in [0.1, 0.15) is 11.6 Å². The van der Waals surface area contributed by atoms with Crippen molar-refractivity contribution in [1.82, 2.24) is 4.90 Å². The number of rotatable bonds is 6. The minimum absolute atomic E-state index is 0.256. The third-order valence-corrected chi connectivity index (χ3v) is 4.67. The highest BCUT2D eigenvalue weighted by atomic mass is 35.5. The average molecular weight is 407 g/mol. The first kappa shape index (κ1) is 19.9. The van der Waals surface area contributed by atoms with Crippen LogP contribution in [-0.2, 0) is 14.3 Å². The highest BCUT2D eigenvalue weighted by Crippen LogP contribution is 2.26. The van der Waals surface area contributed by atoms with Crippen molar-refractivity contribution in [1.29, 1.82) is 0 Å². The molecule has 6 nitrogen and oxygen atoms in total. The van der Waals surface area contributed by atoms with Crippen molar-refractivity contribution in [2.24, 2.45) is 0 Å². The molecule has 8 heteroatoms. The Bertz CT molecular complexity index is 823. The smallest absolute Gasteiger partial charge is 0.344 e. The Morgan fingerprint density at radius 1 is 0.964 bits per heavy atom. The van der Waals surface area contributed by atoms with Crippen LogP contribution in [0.4, 0.5) is 10.1 Å². The lowest BCUT2D eigenvalue weighted by molar-refractivity contribution is -0.153. The summed E-state index contributed by atoms with van der Waals surface area (Å²) >= 11 is 6.21. The Morgan fingerprint density at radius 3 is 2.32 bits per heavy atom. The Hall–Kier alpha value is -2.80. The van der Waals surface area contributed by atoms with Crippen LogP contribution in [0.15, 0.2) is 48.5 Å². The average Bonchev–Trinajstić information content (AvgIpc) is 2.72. The second kappa shape index (κ2) is 9.41. The summed E-state index contributed by atoms with van der Waals surface area (Å²) in [4.78, 5) is 27.8. The van der Waals surface area contributed by atoms with Gasteiger partial charge >= 0.3 is 5.97 Å². The maximum atomic E-state index is 12.8.